The van der Waals surface area contributed by atoms with Crippen LogP contribution in [0.1, 0.15) is 43.7 Å². The van der Waals surface area contributed by atoms with Crippen molar-refractivity contribution in [2.24, 2.45) is 10.9 Å². The number of nitrogens with one attached hydrogen (secondary N) is 1. The molecule has 0 bridgehead atoms. The maximum absolute atomic E-state index is 13.4. The van der Waals surface area contributed by atoms with Crippen LogP contribution in [0.3, 0.4) is 0 Å². The lowest BCUT2D eigenvalue weighted by Gasteiger charge is -2.34. The summed E-state index contributed by atoms with van der Waals surface area (Å²) in [4.78, 5) is 9.83. The number of nitrogens with zero attached hydrogens (tertiary/aromatic N) is 2. The lowest BCUT2D eigenvalue weighted by atomic mass is 9.92. The fraction of sp³-hybridized carbons (Fsp3) is 0.375. The maximum atomic E-state index is 13.4. The number of rotatable bonds is 5. The quantitative estimate of drug-likeness (QED) is 0.516. The molecule has 2 aromatic carbocycles. The number of piperidine rings is 1. The summed E-state index contributed by atoms with van der Waals surface area (Å²) in [5.74, 6) is 0.530. The second-order valence-corrected chi connectivity index (χ2v) is 8.03. The number of aliphatic imine (C=N–C) groups is 1. The molecule has 1 aliphatic heterocycles. The second kappa shape index (κ2) is 8.27. The smallest absolute Gasteiger partial charge is 0.198 e. The van der Waals surface area contributed by atoms with Crippen molar-refractivity contribution < 1.29 is 9.50 Å². The lowest BCUT2D eigenvalue weighted by molar-refractivity contribution is 0.378. The Balaban J connectivity index is 1.51. The number of aromatic hydroxyl groups is 1. The summed E-state index contributed by atoms with van der Waals surface area (Å²) in [5, 5.41) is 10.9. The van der Waals surface area contributed by atoms with E-state index in [1.54, 1.807) is 12.3 Å². The van der Waals surface area contributed by atoms with Crippen LogP contribution < -0.4 is 4.90 Å². The topological polar surface area (TPSA) is 51.6 Å². The molecule has 2 heterocycles. The molecule has 2 N–H and O–H groups in total. The van der Waals surface area contributed by atoms with Crippen molar-refractivity contribution in [3.8, 4) is 5.88 Å². The summed E-state index contributed by atoms with van der Waals surface area (Å²) in [5.41, 5.74) is 4.45. The molecule has 1 saturated heterocycles. The van der Waals surface area contributed by atoms with Crippen molar-refractivity contribution in [1.29, 1.82) is 0 Å². The van der Waals surface area contributed by atoms with Crippen LogP contribution in [0.15, 0.2) is 41.4 Å². The normalized spacial score (nSPS) is 15.6. The molecule has 29 heavy (non-hydrogen) atoms. The highest BCUT2D eigenvalue weighted by atomic mass is 19.1. The number of halogens is 1. The minimum absolute atomic E-state index is 0.00218. The predicted molar refractivity (Wildman–Crippen MR) is 118 cm³/mol. The number of aromatic amines is 1. The summed E-state index contributed by atoms with van der Waals surface area (Å²) in [6.07, 6.45) is 6.79. The standard InChI is InChI=1S/C24H28FN3O/c1-3-4-17-9-11-28(12-10-17)23-8-6-19(13-16(23)2)26-15-21-20-7-5-18(25)14-22(20)27-24(21)29/h5-8,13-15,17,27,29H,3-4,9-12H2,1-2H3. The molecular formula is C24H28FN3O. The summed E-state index contributed by atoms with van der Waals surface area (Å²) in [6, 6.07) is 10.6. The Bertz CT molecular complexity index is 1030. The number of hydrogen-bond acceptors (Lipinski definition) is 3. The zero-order valence-electron chi connectivity index (χ0n) is 17.1. The van der Waals surface area contributed by atoms with Crippen molar-refractivity contribution in [3.63, 3.8) is 0 Å². The molecule has 0 radical (unpaired) electrons. The molecule has 1 aliphatic rings. The van der Waals surface area contributed by atoms with Crippen LogP contribution >= 0.6 is 0 Å². The van der Waals surface area contributed by atoms with E-state index < -0.39 is 0 Å². The van der Waals surface area contributed by atoms with Crippen LogP contribution in [-0.4, -0.2) is 29.4 Å². The monoisotopic (exact) mass is 393 g/mol. The van der Waals surface area contributed by atoms with Gasteiger partial charge in [-0.1, -0.05) is 19.8 Å². The second-order valence-electron chi connectivity index (χ2n) is 8.03. The van der Waals surface area contributed by atoms with E-state index in [-0.39, 0.29) is 11.7 Å². The summed E-state index contributed by atoms with van der Waals surface area (Å²) in [6.45, 7) is 6.63. The molecule has 1 aromatic heterocycles. The van der Waals surface area contributed by atoms with Crippen LogP contribution in [0.5, 0.6) is 5.88 Å². The molecule has 152 valence electrons. The molecule has 0 atom stereocenters. The van der Waals surface area contributed by atoms with Crippen molar-refractivity contribution in [3.05, 3.63) is 53.3 Å². The first-order chi connectivity index (χ1) is 14.0. The first kappa shape index (κ1) is 19.5. The van der Waals surface area contributed by atoms with Gasteiger partial charge < -0.3 is 15.0 Å². The largest absolute Gasteiger partial charge is 0.494 e. The average Bonchev–Trinajstić information content (AvgIpc) is 3.01. The van der Waals surface area contributed by atoms with E-state index in [0.29, 0.717) is 11.1 Å². The number of benzene rings is 2. The highest BCUT2D eigenvalue weighted by Gasteiger charge is 2.19. The highest BCUT2D eigenvalue weighted by molar-refractivity contribution is 6.02. The van der Waals surface area contributed by atoms with Gasteiger partial charge in [0, 0.05) is 30.4 Å². The Hall–Kier alpha value is -2.82. The third kappa shape index (κ3) is 4.14. The predicted octanol–water partition coefficient (Wildman–Crippen LogP) is 6.09. The molecule has 3 aromatic rings. The van der Waals surface area contributed by atoms with Gasteiger partial charge in [0.1, 0.15) is 5.82 Å². The van der Waals surface area contributed by atoms with Gasteiger partial charge in [0.15, 0.2) is 5.88 Å². The third-order valence-electron chi connectivity index (χ3n) is 5.96. The first-order valence-electron chi connectivity index (χ1n) is 10.4. The van der Waals surface area contributed by atoms with Gasteiger partial charge in [-0.3, -0.25) is 4.99 Å². The molecule has 4 nitrogen and oxygen atoms in total. The SMILES string of the molecule is CCCC1CCN(c2ccc(N=Cc3c(O)[nH]c4cc(F)ccc34)cc2C)CC1. The van der Waals surface area contributed by atoms with Gasteiger partial charge in [-0.2, -0.15) is 0 Å². The Morgan fingerprint density at radius 2 is 2.00 bits per heavy atom. The fourth-order valence-corrected chi connectivity index (χ4v) is 4.39. The van der Waals surface area contributed by atoms with E-state index >= 15 is 0 Å². The van der Waals surface area contributed by atoms with Gasteiger partial charge in [0.2, 0.25) is 0 Å². The number of anilines is 1. The van der Waals surface area contributed by atoms with Crippen molar-refractivity contribution >= 4 is 28.5 Å². The average molecular weight is 394 g/mol. The summed E-state index contributed by atoms with van der Waals surface area (Å²) < 4.78 is 13.4. The minimum atomic E-state index is -0.341. The van der Waals surface area contributed by atoms with Crippen molar-refractivity contribution in [2.75, 3.05) is 18.0 Å². The number of fused-ring (bicyclic) bond motifs is 1. The molecule has 0 amide bonds. The highest BCUT2D eigenvalue weighted by Crippen LogP contribution is 2.31. The van der Waals surface area contributed by atoms with Crippen molar-refractivity contribution in [2.45, 2.75) is 39.5 Å². The zero-order chi connectivity index (χ0) is 20.4. The minimum Gasteiger partial charge on any atom is -0.494 e. The Labute approximate surface area is 171 Å². The van der Waals surface area contributed by atoms with Gasteiger partial charge in [-0.25, -0.2) is 4.39 Å². The molecule has 1 fully saturated rings. The van der Waals surface area contributed by atoms with Gasteiger partial charge >= 0.3 is 0 Å². The molecule has 5 heteroatoms. The summed E-state index contributed by atoms with van der Waals surface area (Å²) in [7, 11) is 0. The van der Waals surface area contributed by atoms with Gasteiger partial charge in [-0.05, 0) is 67.6 Å². The van der Waals surface area contributed by atoms with Crippen LogP contribution in [-0.2, 0) is 0 Å². The van der Waals surface area contributed by atoms with Crippen LogP contribution in [0.2, 0.25) is 0 Å². The molecule has 0 saturated carbocycles. The summed E-state index contributed by atoms with van der Waals surface area (Å²) >= 11 is 0. The maximum Gasteiger partial charge on any atom is 0.198 e. The van der Waals surface area contributed by atoms with Gasteiger partial charge in [-0.15, -0.1) is 0 Å². The van der Waals surface area contributed by atoms with E-state index in [1.807, 2.05) is 6.07 Å². The molecule has 4 rings (SSSR count). The van der Waals surface area contributed by atoms with Crippen LogP contribution in [0.25, 0.3) is 10.9 Å². The van der Waals surface area contributed by atoms with Crippen LogP contribution in [0.4, 0.5) is 15.8 Å². The Kier molecular flexibility index (Phi) is 5.56. The third-order valence-corrected chi connectivity index (χ3v) is 5.96. The van der Waals surface area contributed by atoms with Crippen LogP contribution in [0, 0.1) is 18.7 Å². The number of aryl methyl sites for hydroxylation is 1. The van der Waals surface area contributed by atoms with E-state index in [0.717, 1.165) is 30.1 Å². The number of hydrogen-bond donors (Lipinski definition) is 2. The molecule has 0 aliphatic carbocycles. The lowest BCUT2D eigenvalue weighted by Crippen LogP contribution is -2.34. The molecule has 0 spiro atoms. The van der Waals surface area contributed by atoms with E-state index in [4.69, 9.17) is 0 Å². The number of aromatic nitrogens is 1. The van der Waals surface area contributed by atoms with E-state index in [9.17, 15) is 9.50 Å². The fourth-order valence-electron chi connectivity index (χ4n) is 4.39. The molecule has 0 unspecified atom stereocenters. The van der Waals surface area contributed by atoms with E-state index in [1.165, 1.54) is 49.1 Å². The van der Waals surface area contributed by atoms with E-state index in [2.05, 4.69) is 40.9 Å². The Morgan fingerprint density at radius 3 is 2.72 bits per heavy atom. The first-order valence-corrected chi connectivity index (χ1v) is 10.4. The van der Waals surface area contributed by atoms with Gasteiger partial charge in [0.05, 0.1) is 16.8 Å². The van der Waals surface area contributed by atoms with Gasteiger partial charge in [0.25, 0.3) is 0 Å². The zero-order valence-corrected chi connectivity index (χ0v) is 17.1. The van der Waals surface area contributed by atoms with Crippen molar-refractivity contribution in [1.82, 2.24) is 4.98 Å². The number of H-pyrrole nitrogens is 1. The Morgan fingerprint density at radius 1 is 1.21 bits per heavy atom. The molecular weight excluding hydrogens is 365 g/mol.